The van der Waals surface area contributed by atoms with Gasteiger partial charge in [0.1, 0.15) is 0 Å². The van der Waals surface area contributed by atoms with Gasteiger partial charge in [-0.05, 0) is 38.0 Å². The van der Waals surface area contributed by atoms with E-state index in [0.717, 1.165) is 30.3 Å². The third-order valence-electron chi connectivity index (χ3n) is 4.38. The first-order chi connectivity index (χ1) is 10.7. The summed E-state index contributed by atoms with van der Waals surface area (Å²) in [7, 11) is 0. The molecule has 3 heterocycles. The van der Waals surface area contributed by atoms with Crippen molar-refractivity contribution in [2.24, 2.45) is 5.92 Å². The van der Waals surface area contributed by atoms with E-state index in [2.05, 4.69) is 32.3 Å². The standard InChI is InChI=1S/C16H19N5O/c1-11-2-7-16(22)21(19-11)10-12-8-20(9-12)15-6-5-14(17-18-15)13-3-4-13/h2,5-7,12-13H,3-4,8-10H2,1H3. The van der Waals surface area contributed by atoms with Gasteiger partial charge in [-0.2, -0.15) is 10.2 Å². The minimum atomic E-state index is -0.0300. The Morgan fingerprint density at radius 3 is 2.64 bits per heavy atom. The van der Waals surface area contributed by atoms with Crippen LogP contribution in [0.1, 0.15) is 30.1 Å². The number of aryl methyl sites for hydroxylation is 1. The second-order valence-electron chi connectivity index (χ2n) is 6.36. The molecule has 2 fully saturated rings. The molecule has 0 bridgehead atoms. The molecule has 1 aliphatic carbocycles. The van der Waals surface area contributed by atoms with Gasteiger partial charge >= 0.3 is 0 Å². The molecule has 1 saturated carbocycles. The van der Waals surface area contributed by atoms with Gasteiger partial charge in [-0.1, -0.05) is 0 Å². The van der Waals surface area contributed by atoms with Crippen LogP contribution in [0.25, 0.3) is 0 Å². The monoisotopic (exact) mass is 297 g/mol. The first-order valence-electron chi connectivity index (χ1n) is 7.82. The molecule has 1 aliphatic heterocycles. The third-order valence-corrected chi connectivity index (χ3v) is 4.38. The zero-order valence-electron chi connectivity index (χ0n) is 12.6. The maximum Gasteiger partial charge on any atom is 0.266 e. The SMILES string of the molecule is Cc1ccc(=O)n(CC2CN(c3ccc(C4CC4)nn3)C2)n1. The van der Waals surface area contributed by atoms with E-state index >= 15 is 0 Å². The molecule has 2 aromatic heterocycles. The summed E-state index contributed by atoms with van der Waals surface area (Å²) >= 11 is 0. The molecule has 114 valence electrons. The van der Waals surface area contributed by atoms with Crippen molar-refractivity contribution in [1.29, 1.82) is 0 Å². The molecule has 1 saturated heterocycles. The van der Waals surface area contributed by atoms with Gasteiger partial charge < -0.3 is 4.90 Å². The fraction of sp³-hybridized carbons (Fsp3) is 0.500. The fourth-order valence-corrected chi connectivity index (χ4v) is 2.90. The van der Waals surface area contributed by atoms with Gasteiger partial charge in [0.2, 0.25) is 0 Å². The van der Waals surface area contributed by atoms with Gasteiger partial charge in [-0.15, -0.1) is 5.10 Å². The van der Waals surface area contributed by atoms with Crippen molar-refractivity contribution in [1.82, 2.24) is 20.0 Å². The molecule has 6 heteroatoms. The molecule has 0 unspecified atom stereocenters. The van der Waals surface area contributed by atoms with E-state index in [1.54, 1.807) is 16.8 Å². The Hall–Kier alpha value is -2.24. The van der Waals surface area contributed by atoms with Gasteiger partial charge in [0.05, 0.1) is 17.9 Å². The molecule has 0 spiro atoms. The maximum atomic E-state index is 11.8. The maximum absolute atomic E-state index is 11.8. The normalized spacial score (nSPS) is 18.3. The number of rotatable bonds is 4. The smallest absolute Gasteiger partial charge is 0.266 e. The predicted octanol–water partition coefficient (Wildman–Crippen LogP) is 1.36. The first-order valence-corrected chi connectivity index (χ1v) is 7.82. The van der Waals surface area contributed by atoms with Crippen LogP contribution in [0.3, 0.4) is 0 Å². The summed E-state index contributed by atoms with van der Waals surface area (Å²) in [6.07, 6.45) is 2.50. The molecule has 6 nitrogen and oxygen atoms in total. The lowest BCUT2D eigenvalue weighted by atomic mass is 10.0. The topological polar surface area (TPSA) is 63.9 Å². The lowest BCUT2D eigenvalue weighted by Crippen LogP contribution is -2.50. The molecule has 0 amide bonds. The van der Waals surface area contributed by atoms with E-state index in [1.165, 1.54) is 12.8 Å². The summed E-state index contributed by atoms with van der Waals surface area (Å²) in [5.74, 6) is 2.02. The second kappa shape index (κ2) is 5.19. The Kier molecular flexibility index (Phi) is 3.17. The lowest BCUT2D eigenvalue weighted by molar-refractivity contribution is 0.331. The Balaban J connectivity index is 1.37. The van der Waals surface area contributed by atoms with Crippen molar-refractivity contribution in [3.8, 4) is 0 Å². The molecule has 22 heavy (non-hydrogen) atoms. The Morgan fingerprint density at radius 1 is 1.14 bits per heavy atom. The summed E-state index contributed by atoms with van der Waals surface area (Å²) in [6, 6.07) is 7.50. The summed E-state index contributed by atoms with van der Waals surface area (Å²) in [5, 5.41) is 12.9. The van der Waals surface area contributed by atoms with Crippen molar-refractivity contribution in [2.75, 3.05) is 18.0 Å². The van der Waals surface area contributed by atoms with E-state index in [9.17, 15) is 4.79 Å². The first kappa shape index (κ1) is 13.4. The molecular formula is C16H19N5O. The molecule has 0 aromatic carbocycles. The van der Waals surface area contributed by atoms with Crippen molar-refractivity contribution in [2.45, 2.75) is 32.2 Å². The van der Waals surface area contributed by atoms with Crippen LogP contribution in [0, 0.1) is 12.8 Å². The largest absolute Gasteiger partial charge is 0.354 e. The number of hydrogen-bond donors (Lipinski definition) is 0. The van der Waals surface area contributed by atoms with Crippen molar-refractivity contribution in [3.63, 3.8) is 0 Å². The van der Waals surface area contributed by atoms with Crippen LogP contribution < -0.4 is 10.5 Å². The van der Waals surface area contributed by atoms with Crippen molar-refractivity contribution < 1.29 is 0 Å². The number of aromatic nitrogens is 4. The zero-order valence-corrected chi connectivity index (χ0v) is 12.6. The molecular weight excluding hydrogens is 278 g/mol. The number of hydrogen-bond acceptors (Lipinski definition) is 5. The van der Waals surface area contributed by atoms with Crippen LogP contribution in [0.15, 0.2) is 29.1 Å². The Morgan fingerprint density at radius 2 is 1.95 bits per heavy atom. The van der Waals surface area contributed by atoms with Crippen LogP contribution in [0.2, 0.25) is 0 Å². The summed E-state index contributed by atoms with van der Waals surface area (Å²) in [5.41, 5.74) is 1.96. The molecule has 0 atom stereocenters. The summed E-state index contributed by atoms with van der Waals surface area (Å²) in [4.78, 5) is 14.0. The number of anilines is 1. The highest BCUT2D eigenvalue weighted by molar-refractivity contribution is 5.41. The molecule has 4 rings (SSSR count). The molecule has 2 aromatic rings. The van der Waals surface area contributed by atoms with Crippen LogP contribution in [-0.4, -0.2) is 33.1 Å². The van der Waals surface area contributed by atoms with Crippen LogP contribution in [0.5, 0.6) is 0 Å². The lowest BCUT2D eigenvalue weighted by Gasteiger charge is -2.39. The van der Waals surface area contributed by atoms with E-state index in [1.807, 2.05) is 6.92 Å². The Labute approximate surface area is 128 Å². The van der Waals surface area contributed by atoms with Crippen LogP contribution in [0.4, 0.5) is 5.82 Å². The third kappa shape index (κ3) is 2.61. The average Bonchev–Trinajstić information content (AvgIpc) is 3.31. The van der Waals surface area contributed by atoms with Gasteiger partial charge in [0.15, 0.2) is 5.82 Å². The molecule has 2 aliphatic rings. The Bertz CT molecular complexity index is 729. The van der Waals surface area contributed by atoms with E-state index < -0.39 is 0 Å². The number of nitrogens with zero attached hydrogens (tertiary/aromatic N) is 5. The van der Waals surface area contributed by atoms with Gasteiger partial charge in [-0.25, -0.2) is 4.68 Å². The quantitative estimate of drug-likeness (QED) is 0.852. The summed E-state index contributed by atoms with van der Waals surface area (Å²) < 4.78 is 1.57. The highest BCUT2D eigenvalue weighted by atomic mass is 16.1. The van der Waals surface area contributed by atoms with E-state index in [4.69, 9.17) is 0 Å². The second-order valence-corrected chi connectivity index (χ2v) is 6.36. The van der Waals surface area contributed by atoms with Crippen molar-refractivity contribution in [3.05, 3.63) is 46.0 Å². The molecule has 0 radical (unpaired) electrons. The van der Waals surface area contributed by atoms with Crippen LogP contribution >= 0.6 is 0 Å². The summed E-state index contributed by atoms with van der Waals surface area (Å²) in [6.45, 7) is 4.38. The van der Waals surface area contributed by atoms with Crippen LogP contribution in [-0.2, 0) is 6.54 Å². The van der Waals surface area contributed by atoms with E-state index in [-0.39, 0.29) is 5.56 Å². The molecule has 0 N–H and O–H groups in total. The predicted molar refractivity (Wildman–Crippen MR) is 82.9 cm³/mol. The highest BCUT2D eigenvalue weighted by Gasteiger charge is 2.30. The fourth-order valence-electron chi connectivity index (χ4n) is 2.90. The minimum Gasteiger partial charge on any atom is -0.354 e. The van der Waals surface area contributed by atoms with Crippen molar-refractivity contribution >= 4 is 5.82 Å². The van der Waals surface area contributed by atoms with Gasteiger partial charge in [-0.3, -0.25) is 4.79 Å². The zero-order chi connectivity index (χ0) is 15.1. The van der Waals surface area contributed by atoms with Gasteiger partial charge in [0, 0.05) is 31.0 Å². The van der Waals surface area contributed by atoms with Gasteiger partial charge in [0.25, 0.3) is 5.56 Å². The minimum absolute atomic E-state index is 0.0300. The average molecular weight is 297 g/mol. The highest BCUT2D eigenvalue weighted by Crippen LogP contribution is 2.38. The van der Waals surface area contributed by atoms with E-state index in [0.29, 0.717) is 18.4 Å².